The smallest absolute Gasteiger partial charge is 0.321 e. The Morgan fingerprint density at radius 2 is 2.23 bits per heavy atom. The van der Waals surface area contributed by atoms with Gasteiger partial charge in [0.25, 0.3) is 5.91 Å². The third kappa shape index (κ3) is 3.89. The number of hydrogen-bond donors (Lipinski definition) is 2. The summed E-state index contributed by atoms with van der Waals surface area (Å²) in [6.07, 6.45) is 0.933. The van der Waals surface area contributed by atoms with Gasteiger partial charge in [-0.2, -0.15) is 0 Å². The SMILES string of the molecule is CCOC(=O)[C@@H]1CCCN(C(=O)Nc2ccc3c(c2)NC(=O)[C@@H](C)O3)C1. The number of benzene rings is 1. The lowest BCUT2D eigenvalue weighted by molar-refractivity contribution is -0.149. The number of nitrogens with zero attached hydrogens (tertiary/aromatic N) is 1. The van der Waals surface area contributed by atoms with Gasteiger partial charge in [-0.05, 0) is 44.9 Å². The van der Waals surface area contributed by atoms with Crippen LogP contribution < -0.4 is 15.4 Å². The first kappa shape index (κ1) is 18.0. The molecule has 0 aliphatic carbocycles. The van der Waals surface area contributed by atoms with Crippen LogP contribution in [0.25, 0.3) is 0 Å². The average Bonchev–Trinajstić information content (AvgIpc) is 2.63. The van der Waals surface area contributed by atoms with Gasteiger partial charge in [-0.25, -0.2) is 4.79 Å². The van der Waals surface area contributed by atoms with Crippen molar-refractivity contribution in [3.05, 3.63) is 18.2 Å². The van der Waals surface area contributed by atoms with Crippen molar-refractivity contribution in [1.29, 1.82) is 0 Å². The number of rotatable bonds is 3. The van der Waals surface area contributed by atoms with Crippen LogP contribution in [0, 0.1) is 5.92 Å². The van der Waals surface area contributed by atoms with Gasteiger partial charge in [0.1, 0.15) is 5.75 Å². The molecule has 3 rings (SSSR count). The van der Waals surface area contributed by atoms with Gasteiger partial charge < -0.3 is 25.0 Å². The molecule has 1 aromatic rings. The Labute approximate surface area is 151 Å². The highest BCUT2D eigenvalue weighted by Crippen LogP contribution is 2.32. The topological polar surface area (TPSA) is 97.0 Å². The van der Waals surface area contributed by atoms with Crippen molar-refractivity contribution >= 4 is 29.3 Å². The molecule has 2 N–H and O–H groups in total. The van der Waals surface area contributed by atoms with Crippen LogP contribution in [0.5, 0.6) is 5.75 Å². The van der Waals surface area contributed by atoms with Crippen molar-refractivity contribution in [2.75, 3.05) is 30.3 Å². The van der Waals surface area contributed by atoms with Gasteiger partial charge in [0.2, 0.25) is 0 Å². The van der Waals surface area contributed by atoms with Crippen molar-refractivity contribution in [1.82, 2.24) is 4.90 Å². The highest BCUT2D eigenvalue weighted by atomic mass is 16.5. The van der Waals surface area contributed by atoms with Gasteiger partial charge >= 0.3 is 12.0 Å². The highest BCUT2D eigenvalue weighted by molar-refractivity contribution is 5.99. The zero-order valence-electron chi connectivity index (χ0n) is 14.9. The number of fused-ring (bicyclic) bond motifs is 1. The Morgan fingerprint density at radius 1 is 1.42 bits per heavy atom. The van der Waals surface area contributed by atoms with E-state index in [0.29, 0.717) is 36.8 Å². The number of esters is 1. The first-order valence-electron chi connectivity index (χ1n) is 8.82. The van der Waals surface area contributed by atoms with Gasteiger partial charge in [0, 0.05) is 18.8 Å². The molecular weight excluding hydrogens is 338 g/mol. The number of carbonyl (C=O) groups excluding carboxylic acids is 3. The molecule has 26 heavy (non-hydrogen) atoms. The summed E-state index contributed by atoms with van der Waals surface area (Å²) in [7, 11) is 0. The van der Waals surface area contributed by atoms with Crippen molar-refractivity contribution in [3.8, 4) is 5.75 Å². The minimum absolute atomic E-state index is 0.228. The van der Waals surface area contributed by atoms with E-state index < -0.39 is 6.10 Å². The Kier molecular flexibility index (Phi) is 5.29. The maximum Gasteiger partial charge on any atom is 0.321 e. The summed E-state index contributed by atoms with van der Waals surface area (Å²) in [5, 5.41) is 5.56. The van der Waals surface area contributed by atoms with Crippen LogP contribution in [-0.4, -0.2) is 48.6 Å². The van der Waals surface area contributed by atoms with E-state index in [1.54, 1.807) is 36.9 Å². The Bertz CT molecular complexity index is 721. The van der Waals surface area contributed by atoms with E-state index >= 15 is 0 Å². The van der Waals surface area contributed by atoms with Crippen LogP contribution in [0.4, 0.5) is 16.2 Å². The summed E-state index contributed by atoms with van der Waals surface area (Å²) in [6.45, 7) is 4.70. The lowest BCUT2D eigenvalue weighted by Crippen LogP contribution is -2.44. The lowest BCUT2D eigenvalue weighted by atomic mass is 9.98. The van der Waals surface area contributed by atoms with Gasteiger partial charge in [-0.15, -0.1) is 0 Å². The second-order valence-electron chi connectivity index (χ2n) is 6.43. The number of likely N-dealkylation sites (tertiary alicyclic amines) is 1. The third-order valence-corrected chi connectivity index (χ3v) is 4.49. The molecule has 2 aliphatic heterocycles. The fraction of sp³-hybridized carbons (Fsp3) is 0.500. The molecule has 0 aromatic heterocycles. The van der Waals surface area contributed by atoms with Gasteiger partial charge in [0.05, 0.1) is 18.2 Å². The molecule has 0 bridgehead atoms. The molecule has 0 radical (unpaired) electrons. The minimum atomic E-state index is -0.545. The molecule has 0 spiro atoms. The second kappa shape index (κ2) is 7.63. The largest absolute Gasteiger partial charge is 0.479 e. The first-order chi connectivity index (χ1) is 12.5. The molecule has 3 amide bonds. The zero-order valence-corrected chi connectivity index (χ0v) is 14.9. The number of ether oxygens (including phenoxy) is 2. The van der Waals surface area contributed by atoms with Crippen molar-refractivity contribution in [3.63, 3.8) is 0 Å². The van der Waals surface area contributed by atoms with Crippen LogP contribution in [0.2, 0.25) is 0 Å². The van der Waals surface area contributed by atoms with Gasteiger partial charge in [-0.1, -0.05) is 0 Å². The maximum absolute atomic E-state index is 12.5. The predicted octanol–water partition coefficient (Wildman–Crippen LogP) is 2.21. The summed E-state index contributed by atoms with van der Waals surface area (Å²) in [5.74, 6) is -0.204. The standard InChI is InChI=1S/C18H23N3O5/c1-3-25-17(23)12-5-4-8-21(10-12)18(24)19-13-6-7-15-14(9-13)20-16(22)11(2)26-15/h6-7,9,11-12H,3-5,8,10H2,1-2H3,(H,19,24)(H,20,22)/t11-,12-/m1/s1. The third-order valence-electron chi connectivity index (χ3n) is 4.49. The number of anilines is 2. The van der Waals surface area contributed by atoms with Crippen LogP contribution in [0.1, 0.15) is 26.7 Å². The number of amides is 3. The van der Waals surface area contributed by atoms with Crippen molar-refractivity contribution in [2.24, 2.45) is 5.92 Å². The molecule has 140 valence electrons. The molecule has 2 aliphatic rings. The zero-order chi connectivity index (χ0) is 18.7. The van der Waals surface area contributed by atoms with Crippen LogP contribution in [0.15, 0.2) is 18.2 Å². The summed E-state index contributed by atoms with van der Waals surface area (Å²) in [5.41, 5.74) is 1.07. The van der Waals surface area contributed by atoms with Crippen LogP contribution in [-0.2, 0) is 14.3 Å². The van der Waals surface area contributed by atoms with Crippen molar-refractivity contribution < 1.29 is 23.9 Å². The quantitative estimate of drug-likeness (QED) is 0.805. The molecule has 2 heterocycles. The molecule has 0 saturated carbocycles. The molecule has 0 unspecified atom stereocenters. The monoisotopic (exact) mass is 361 g/mol. The Morgan fingerprint density at radius 3 is 3.00 bits per heavy atom. The van der Waals surface area contributed by atoms with E-state index in [1.807, 2.05) is 0 Å². The average molecular weight is 361 g/mol. The Hall–Kier alpha value is -2.77. The fourth-order valence-electron chi connectivity index (χ4n) is 3.10. The van der Waals surface area contributed by atoms with E-state index in [9.17, 15) is 14.4 Å². The number of carbonyl (C=O) groups is 3. The molecule has 1 aromatic carbocycles. The summed E-state index contributed by atoms with van der Waals surface area (Å²) in [4.78, 5) is 37.8. The Balaban J connectivity index is 1.64. The number of piperidine rings is 1. The lowest BCUT2D eigenvalue weighted by Gasteiger charge is -2.31. The van der Waals surface area contributed by atoms with Gasteiger partial charge in [0.15, 0.2) is 6.10 Å². The van der Waals surface area contributed by atoms with Crippen LogP contribution in [0.3, 0.4) is 0 Å². The summed E-state index contributed by atoms with van der Waals surface area (Å²) >= 11 is 0. The molecular formula is C18H23N3O5. The highest BCUT2D eigenvalue weighted by Gasteiger charge is 2.30. The molecule has 1 saturated heterocycles. The maximum atomic E-state index is 12.5. The van der Waals surface area contributed by atoms with E-state index in [4.69, 9.17) is 9.47 Å². The summed E-state index contributed by atoms with van der Waals surface area (Å²) in [6, 6.07) is 4.80. The van der Waals surface area contributed by atoms with E-state index in [0.717, 1.165) is 12.8 Å². The normalized spacial score (nSPS) is 21.9. The van der Waals surface area contributed by atoms with Crippen LogP contribution >= 0.6 is 0 Å². The fourth-order valence-corrected chi connectivity index (χ4v) is 3.10. The van der Waals surface area contributed by atoms with E-state index in [-0.39, 0.29) is 23.8 Å². The second-order valence-corrected chi connectivity index (χ2v) is 6.43. The molecule has 8 heteroatoms. The minimum Gasteiger partial charge on any atom is -0.479 e. The predicted molar refractivity (Wildman–Crippen MR) is 95.1 cm³/mol. The number of nitrogens with one attached hydrogen (secondary N) is 2. The first-order valence-corrected chi connectivity index (χ1v) is 8.82. The van der Waals surface area contributed by atoms with Crippen molar-refractivity contribution in [2.45, 2.75) is 32.8 Å². The van der Waals surface area contributed by atoms with E-state index in [2.05, 4.69) is 10.6 Å². The molecule has 1 fully saturated rings. The number of hydrogen-bond acceptors (Lipinski definition) is 5. The number of urea groups is 1. The molecule has 8 nitrogen and oxygen atoms in total. The van der Waals surface area contributed by atoms with Gasteiger partial charge in [-0.3, -0.25) is 9.59 Å². The summed E-state index contributed by atoms with van der Waals surface area (Å²) < 4.78 is 10.6. The van der Waals surface area contributed by atoms with E-state index in [1.165, 1.54) is 0 Å². The molecule has 2 atom stereocenters.